The molecule has 2 atom stereocenters. The van der Waals surface area contributed by atoms with E-state index in [1.54, 1.807) is 7.05 Å². The molecule has 0 amide bonds. The van der Waals surface area contributed by atoms with Gasteiger partial charge in [0.25, 0.3) is 0 Å². The average Bonchev–Trinajstić information content (AvgIpc) is 2.69. The van der Waals surface area contributed by atoms with Crippen LogP contribution in [0.15, 0.2) is 18.2 Å². The van der Waals surface area contributed by atoms with E-state index in [4.69, 9.17) is 0 Å². The first-order valence-corrected chi connectivity index (χ1v) is 8.05. The number of rotatable bonds is 4. The molecule has 0 bridgehead atoms. The van der Waals surface area contributed by atoms with E-state index in [0.717, 1.165) is 0 Å². The third-order valence-electron chi connectivity index (χ3n) is 3.69. The molecule has 0 aliphatic carbocycles. The van der Waals surface area contributed by atoms with E-state index in [0.29, 0.717) is 6.42 Å². The summed E-state index contributed by atoms with van der Waals surface area (Å²) in [6, 6.07) is 3.53. The molecular formula is C13H17F2NO2S. The summed E-state index contributed by atoms with van der Waals surface area (Å²) >= 11 is 0. The Morgan fingerprint density at radius 3 is 2.47 bits per heavy atom. The van der Waals surface area contributed by atoms with Crippen LogP contribution in [-0.4, -0.2) is 33.0 Å². The van der Waals surface area contributed by atoms with Crippen molar-refractivity contribution in [1.29, 1.82) is 0 Å². The van der Waals surface area contributed by atoms with Crippen molar-refractivity contribution in [3.05, 3.63) is 35.4 Å². The van der Waals surface area contributed by atoms with Gasteiger partial charge in [-0.2, -0.15) is 0 Å². The molecule has 1 N–H and O–H groups in total. The van der Waals surface area contributed by atoms with Gasteiger partial charge in [-0.05, 0) is 37.9 Å². The summed E-state index contributed by atoms with van der Waals surface area (Å²) < 4.78 is 50.1. The van der Waals surface area contributed by atoms with Gasteiger partial charge in [-0.3, -0.25) is 0 Å². The zero-order chi connectivity index (χ0) is 14.0. The van der Waals surface area contributed by atoms with E-state index in [9.17, 15) is 17.2 Å². The van der Waals surface area contributed by atoms with Crippen LogP contribution in [0.2, 0.25) is 0 Å². The Bertz CT molecular complexity index is 540. The van der Waals surface area contributed by atoms with Crippen molar-refractivity contribution in [2.45, 2.75) is 18.9 Å². The lowest BCUT2D eigenvalue weighted by molar-refractivity contribution is 0.391. The summed E-state index contributed by atoms with van der Waals surface area (Å²) in [5, 5.41) is 2.99. The molecule has 0 spiro atoms. The highest BCUT2D eigenvalue weighted by molar-refractivity contribution is 7.91. The second-order valence-corrected chi connectivity index (χ2v) is 7.19. The van der Waals surface area contributed by atoms with Gasteiger partial charge in [0.2, 0.25) is 0 Å². The Balaban J connectivity index is 2.16. The Kier molecular flexibility index (Phi) is 4.20. The number of halogens is 2. The molecule has 1 aliphatic heterocycles. The molecule has 1 heterocycles. The van der Waals surface area contributed by atoms with Gasteiger partial charge < -0.3 is 5.32 Å². The first kappa shape index (κ1) is 14.4. The second-order valence-electron chi connectivity index (χ2n) is 4.96. The highest BCUT2D eigenvalue weighted by atomic mass is 32.2. The molecule has 6 heteroatoms. The standard InChI is InChI=1S/C13H17F2NO2S/c1-16-13(9-5-6-19(17,18)8-9)7-10-11(14)3-2-4-12(10)15/h2-4,9,13,16H,5-8H2,1H3. The van der Waals surface area contributed by atoms with Crippen molar-refractivity contribution in [1.82, 2.24) is 5.32 Å². The van der Waals surface area contributed by atoms with Crippen LogP contribution >= 0.6 is 0 Å². The summed E-state index contributed by atoms with van der Waals surface area (Å²) in [6.45, 7) is 0. The average molecular weight is 289 g/mol. The second kappa shape index (κ2) is 5.54. The molecule has 1 aliphatic rings. The monoisotopic (exact) mass is 289 g/mol. The van der Waals surface area contributed by atoms with Crippen LogP contribution in [0.4, 0.5) is 8.78 Å². The molecule has 1 aromatic carbocycles. The van der Waals surface area contributed by atoms with Crippen LogP contribution in [0.1, 0.15) is 12.0 Å². The van der Waals surface area contributed by atoms with Gasteiger partial charge in [-0.25, -0.2) is 17.2 Å². The lowest BCUT2D eigenvalue weighted by Crippen LogP contribution is -2.36. The van der Waals surface area contributed by atoms with Crippen LogP contribution < -0.4 is 5.32 Å². The minimum atomic E-state index is -2.99. The van der Waals surface area contributed by atoms with E-state index in [1.807, 2.05) is 0 Å². The van der Waals surface area contributed by atoms with Gasteiger partial charge in [0.15, 0.2) is 9.84 Å². The van der Waals surface area contributed by atoms with Crippen LogP contribution in [0.5, 0.6) is 0 Å². The molecule has 19 heavy (non-hydrogen) atoms. The highest BCUT2D eigenvalue weighted by Gasteiger charge is 2.33. The van der Waals surface area contributed by atoms with Crippen molar-refractivity contribution in [2.75, 3.05) is 18.6 Å². The van der Waals surface area contributed by atoms with Gasteiger partial charge in [-0.1, -0.05) is 6.07 Å². The number of nitrogens with one attached hydrogen (secondary N) is 1. The summed E-state index contributed by atoms with van der Waals surface area (Å²) in [6.07, 6.45) is 0.707. The fraction of sp³-hybridized carbons (Fsp3) is 0.538. The Morgan fingerprint density at radius 1 is 1.37 bits per heavy atom. The van der Waals surface area contributed by atoms with Crippen LogP contribution in [0, 0.1) is 17.6 Å². The summed E-state index contributed by atoms with van der Waals surface area (Å²) in [5.74, 6) is -0.999. The van der Waals surface area contributed by atoms with Gasteiger partial charge in [0, 0.05) is 11.6 Å². The maximum Gasteiger partial charge on any atom is 0.150 e. The molecule has 0 aromatic heterocycles. The minimum absolute atomic E-state index is 0.0196. The Morgan fingerprint density at radius 2 is 2.00 bits per heavy atom. The van der Waals surface area contributed by atoms with Crippen LogP contribution in [0.3, 0.4) is 0 Å². The van der Waals surface area contributed by atoms with Crippen LogP contribution in [-0.2, 0) is 16.3 Å². The Hall–Kier alpha value is -1.01. The van der Waals surface area contributed by atoms with Crippen molar-refractivity contribution in [3.63, 3.8) is 0 Å². The lowest BCUT2D eigenvalue weighted by atomic mass is 9.93. The SMILES string of the molecule is CNC(Cc1c(F)cccc1F)C1CCS(=O)(=O)C1. The molecule has 0 radical (unpaired) electrons. The molecule has 2 unspecified atom stereocenters. The number of hydrogen-bond acceptors (Lipinski definition) is 3. The van der Waals surface area contributed by atoms with Crippen LogP contribution in [0.25, 0.3) is 0 Å². The van der Waals surface area contributed by atoms with E-state index < -0.39 is 21.5 Å². The Labute approximate surface area is 111 Å². The molecule has 0 saturated carbocycles. The lowest BCUT2D eigenvalue weighted by Gasteiger charge is -2.22. The van der Waals surface area contributed by atoms with E-state index in [1.165, 1.54) is 18.2 Å². The van der Waals surface area contributed by atoms with Crippen molar-refractivity contribution in [3.8, 4) is 0 Å². The maximum atomic E-state index is 13.6. The van der Waals surface area contributed by atoms with Gasteiger partial charge in [-0.15, -0.1) is 0 Å². The number of likely N-dealkylation sites (N-methyl/N-ethyl adjacent to an activating group) is 1. The molecule has 106 valence electrons. The first-order valence-electron chi connectivity index (χ1n) is 6.23. The number of sulfone groups is 1. The smallest absolute Gasteiger partial charge is 0.150 e. The highest BCUT2D eigenvalue weighted by Crippen LogP contribution is 2.25. The van der Waals surface area contributed by atoms with Gasteiger partial charge in [0.05, 0.1) is 11.5 Å². The largest absolute Gasteiger partial charge is 0.316 e. The topological polar surface area (TPSA) is 46.2 Å². The first-order chi connectivity index (χ1) is 8.93. The van der Waals surface area contributed by atoms with E-state index in [2.05, 4.69) is 5.32 Å². The molecule has 2 rings (SSSR count). The maximum absolute atomic E-state index is 13.6. The minimum Gasteiger partial charge on any atom is -0.316 e. The third kappa shape index (κ3) is 3.30. The molecule has 1 fully saturated rings. The van der Waals surface area contributed by atoms with Crippen molar-refractivity contribution < 1.29 is 17.2 Å². The summed E-state index contributed by atoms with van der Waals surface area (Å²) in [5.41, 5.74) is 0.0196. The predicted octanol–water partition coefficient (Wildman–Crippen LogP) is 1.53. The number of benzene rings is 1. The fourth-order valence-electron chi connectivity index (χ4n) is 2.59. The molecule has 3 nitrogen and oxygen atoms in total. The van der Waals surface area contributed by atoms with Crippen molar-refractivity contribution >= 4 is 9.84 Å². The van der Waals surface area contributed by atoms with Crippen molar-refractivity contribution in [2.24, 2.45) is 5.92 Å². The third-order valence-corrected chi connectivity index (χ3v) is 5.49. The fourth-order valence-corrected chi connectivity index (χ4v) is 4.47. The van der Waals surface area contributed by atoms with E-state index >= 15 is 0 Å². The predicted molar refractivity (Wildman–Crippen MR) is 69.7 cm³/mol. The molecular weight excluding hydrogens is 272 g/mol. The summed E-state index contributed by atoms with van der Waals surface area (Å²) in [4.78, 5) is 0. The number of hydrogen-bond donors (Lipinski definition) is 1. The summed E-state index contributed by atoms with van der Waals surface area (Å²) in [7, 11) is -1.30. The van der Waals surface area contributed by atoms with Gasteiger partial charge >= 0.3 is 0 Å². The quantitative estimate of drug-likeness (QED) is 0.914. The zero-order valence-corrected chi connectivity index (χ0v) is 11.5. The van der Waals surface area contributed by atoms with E-state index in [-0.39, 0.29) is 35.4 Å². The molecule has 1 aromatic rings. The molecule has 1 saturated heterocycles. The van der Waals surface area contributed by atoms with Gasteiger partial charge in [0.1, 0.15) is 11.6 Å². The normalized spacial score (nSPS) is 23.4. The zero-order valence-electron chi connectivity index (χ0n) is 10.7.